The number of aromatic nitrogens is 2. The fourth-order valence-electron chi connectivity index (χ4n) is 5.58. The molecular weight excluding hydrogens is 801 g/mol. The number of halogens is 4. The van der Waals surface area contributed by atoms with Crippen molar-refractivity contribution in [1.82, 2.24) is 9.97 Å². The van der Waals surface area contributed by atoms with Gasteiger partial charge >= 0.3 is 18.1 Å². The van der Waals surface area contributed by atoms with Gasteiger partial charge in [-0.25, -0.2) is 9.97 Å². The minimum Gasteiger partial charge on any atom is -0.481 e. The topological polar surface area (TPSA) is 159 Å². The maximum Gasteiger partial charge on any atom is 0.416 e. The molecule has 0 spiro atoms. The number of rotatable bonds is 14. The van der Waals surface area contributed by atoms with Crippen molar-refractivity contribution in [3.8, 4) is 22.5 Å². The predicted octanol–water partition coefficient (Wildman–Crippen LogP) is 9.84. The lowest BCUT2D eigenvalue weighted by Crippen LogP contribution is -2.27. The van der Waals surface area contributed by atoms with E-state index in [1.807, 2.05) is 53.9 Å². The molecule has 2 heterocycles. The van der Waals surface area contributed by atoms with Crippen LogP contribution in [0.15, 0.2) is 120 Å². The average Bonchev–Trinajstić information content (AvgIpc) is 3.85. The Balaban J connectivity index is 0.000000219. The van der Waals surface area contributed by atoms with Crippen molar-refractivity contribution in [2.24, 2.45) is 11.8 Å². The second kappa shape index (κ2) is 19.8. The predicted molar refractivity (Wildman–Crippen MR) is 214 cm³/mol. The lowest BCUT2D eigenvalue weighted by Gasteiger charge is -2.14. The number of anilines is 2. The van der Waals surface area contributed by atoms with Crippen LogP contribution in [0.3, 0.4) is 0 Å². The van der Waals surface area contributed by atoms with E-state index in [0.717, 1.165) is 40.2 Å². The van der Waals surface area contributed by atoms with Crippen LogP contribution in [0.4, 0.5) is 23.4 Å². The molecule has 0 aliphatic carbocycles. The molecule has 0 saturated carbocycles. The van der Waals surface area contributed by atoms with Crippen LogP contribution in [0.1, 0.15) is 29.5 Å². The minimum absolute atomic E-state index is 0.191. The van der Waals surface area contributed by atoms with Gasteiger partial charge in [-0.1, -0.05) is 96.5 Å². The van der Waals surface area contributed by atoms with Crippen molar-refractivity contribution in [2.45, 2.75) is 31.9 Å². The SMILES string of the molecule is O=C(O)C[C@@H](Cc1ccccc1)C(=O)Nc1nc(-c2cccc(C(F)(F)F)c2)cs1.O=C(O)C[C@@H](Cc1ccccc1)C(=O)Nc1nc(-c2cccc(Cl)c2)cs1. The van der Waals surface area contributed by atoms with Gasteiger partial charge in [0.05, 0.1) is 41.6 Å². The summed E-state index contributed by atoms with van der Waals surface area (Å²) in [7, 11) is 0. The number of hydrogen-bond donors (Lipinski definition) is 4. The standard InChI is InChI=1S/C21H17F3N2O3S.C20H17ClN2O3S/c22-21(23,24)16-8-4-7-14(10-16)17-12-30-20(25-17)26-19(29)15(11-18(27)28)9-13-5-2-1-3-6-13;21-16-8-4-7-14(10-16)17-12-27-20(22-17)23-19(26)15(11-18(24)25)9-13-5-2-1-3-6-13/h1-8,10,12,15H,9,11H2,(H,27,28)(H,25,26,29);1-8,10,12,15H,9,11H2,(H,24,25)(H,22,23,26)/t2*15-/m11/s1. The molecule has 16 heteroatoms. The van der Waals surface area contributed by atoms with Crippen molar-refractivity contribution in [2.75, 3.05) is 10.6 Å². The summed E-state index contributed by atoms with van der Waals surface area (Å²) in [6.07, 6.45) is -4.47. The molecule has 2 amide bonds. The number of nitrogens with zero attached hydrogens (tertiary/aromatic N) is 2. The molecule has 10 nitrogen and oxygen atoms in total. The van der Waals surface area contributed by atoms with Gasteiger partial charge in [-0.3, -0.25) is 19.2 Å². The van der Waals surface area contributed by atoms with Crippen LogP contribution >= 0.6 is 34.3 Å². The van der Waals surface area contributed by atoms with Crippen LogP contribution in [0.2, 0.25) is 5.02 Å². The Hall–Kier alpha value is -5.90. The van der Waals surface area contributed by atoms with Crippen LogP contribution in [-0.4, -0.2) is 43.9 Å². The number of benzene rings is 4. The van der Waals surface area contributed by atoms with Crippen molar-refractivity contribution in [3.63, 3.8) is 0 Å². The molecule has 2 aromatic heterocycles. The zero-order valence-corrected chi connectivity index (χ0v) is 32.2. The van der Waals surface area contributed by atoms with Gasteiger partial charge in [0.25, 0.3) is 0 Å². The quantitative estimate of drug-likeness (QED) is 0.0845. The molecule has 6 rings (SSSR count). The Labute approximate surface area is 338 Å². The zero-order chi connectivity index (χ0) is 41.0. The van der Waals surface area contributed by atoms with Gasteiger partial charge in [0.1, 0.15) is 0 Å². The van der Waals surface area contributed by atoms with Crippen LogP contribution in [0.5, 0.6) is 0 Å². The van der Waals surface area contributed by atoms with Gasteiger partial charge < -0.3 is 20.8 Å². The molecule has 57 heavy (non-hydrogen) atoms. The van der Waals surface area contributed by atoms with E-state index in [4.69, 9.17) is 21.8 Å². The Morgan fingerprint density at radius 2 is 1.07 bits per heavy atom. The average molecular weight is 835 g/mol. The fourth-order valence-corrected chi connectivity index (χ4v) is 7.21. The van der Waals surface area contributed by atoms with Gasteiger partial charge in [-0.05, 0) is 48.2 Å². The number of carboxylic acid groups (broad SMARTS) is 2. The van der Waals surface area contributed by atoms with E-state index < -0.39 is 41.4 Å². The summed E-state index contributed by atoms with van der Waals surface area (Å²) in [6, 6.07) is 30.4. The Morgan fingerprint density at radius 1 is 0.632 bits per heavy atom. The summed E-state index contributed by atoms with van der Waals surface area (Å²) in [5.41, 5.74) is 3.07. The first-order chi connectivity index (χ1) is 27.2. The fraction of sp³-hybridized carbons (Fsp3) is 0.171. The Bertz CT molecular complexity index is 2300. The first kappa shape index (κ1) is 42.2. The van der Waals surface area contributed by atoms with Crippen molar-refractivity contribution >= 4 is 68.3 Å². The lowest BCUT2D eigenvalue weighted by molar-refractivity contribution is -0.140. The summed E-state index contributed by atoms with van der Waals surface area (Å²) in [5, 5.41) is 28.2. The molecule has 4 N–H and O–H groups in total. The number of thiazole rings is 2. The van der Waals surface area contributed by atoms with E-state index in [1.165, 1.54) is 28.8 Å². The Kier molecular flexibility index (Phi) is 14.7. The monoisotopic (exact) mass is 834 g/mol. The van der Waals surface area contributed by atoms with Crippen molar-refractivity contribution in [3.05, 3.63) is 142 Å². The first-order valence-corrected chi connectivity index (χ1v) is 19.3. The Morgan fingerprint density at radius 3 is 1.49 bits per heavy atom. The van der Waals surface area contributed by atoms with Crippen molar-refractivity contribution < 1.29 is 42.6 Å². The number of hydrogen-bond acceptors (Lipinski definition) is 8. The largest absolute Gasteiger partial charge is 0.481 e. The third-order valence-corrected chi connectivity index (χ3v) is 10.1. The maximum absolute atomic E-state index is 12.9. The van der Waals surface area contributed by atoms with E-state index in [1.54, 1.807) is 36.4 Å². The van der Waals surface area contributed by atoms with Crippen LogP contribution in [0, 0.1) is 11.8 Å². The number of carbonyl (C=O) groups is 4. The van der Waals surface area contributed by atoms with E-state index in [9.17, 15) is 32.3 Å². The van der Waals surface area contributed by atoms with E-state index in [0.29, 0.717) is 28.0 Å². The molecule has 0 aliphatic rings. The third kappa shape index (κ3) is 13.1. The lowest BCUT2D eigenvalue weighted by atomic mass is 9.95. The molecule has 4 aromatic carbocycles. The molecule has 2 atom stereocenters. The summed E-state index contributed by atoms with van der Waals surface area (Å²) >= 11 is 8.35. The smallest absolute Gasteiger partial charge is 0.416 e. The highest BCUT2D eigenvalue weighted by molar-refractivity contribution is 7.14. The van der Waals surface area contributed by atoms with Gasteiger partial charge in [-0.15, -0.1) is 22.7 Å². The molecule has 0 fully saturated rings. The summed E-state index contributed by atoms with van der Waals surface area (Å²) in [5.74, 6) is -4.46. The van der Waals surface area contributed by atoms with E-state index in [2.05, 4.69) is 20.6 Å². The normalized spacial score (nSPS) is 12.1. The molecular formula is C41H34ClF3N4O6S2. The highest BCUT2D eigenvalue weighted by Gasteiger charge is 2.31. The molecule has 0 aliphatic heterocycles. The number of aliphatic carboxylic acids is 2. The van der Waals surface area contributed by atoms with Gasteiger partial charge in [0.15, 0.2) is 10.3 Å². The molecule has 0 radical (unpaired) electrons. The van der Waals surface area contributed by atoms with Crippen LogP contribution in [-0.2, 0) is 38.2 Å². The number of carbonyl (C=O) groups excluding carboxylic acids is 2. The first-order valence-electron chi connectivity index (χ1n) is 17.2. The zero-order valence-electron chi connectivity index (χ0n) is 29.8. The van der Waals surface area contributed by atoms with E-state index >= 15 is 0 Å². The number of amides is 2. The highest BCUT2D eigenvalue weighted by atomic mass is 35.5. The summed E-state index contributed by atoms with van der Waals surface area (Å²) in [6.45, 7) is 0. The van der Waals surface area contributed by atoms with Crippen molar-refractivity contribution in [1.29, 1.82) is 0 Å². The third-order valence-electron chi connectivity index (χ3n) is 8.31. The summed E-state index contributed by atoms with van der Waals surface area (Å²) in [4.78, 5) is 56.2. The molecule has 0 saturated heterocycles. The van der Waals surface area contributed by atoms with E-state index in [-0.39, 0.29) is 35.9 Å². The second-order valence-corrected chi connectivity index (χ2v) is 14.8. The van der Waals surface area contributed by atoms with Crippen LogP contribution < -0.4 is 10.6 Å². The number of alkyl halides is 3. The number of nitrogens with one attached hydrogen (secondary N) is 2. The molecule has 294 valence electrons. The second-order valence-electron chi connectivity index (χ2n) is 12.6. The number of carboxylic acids is 2. The molecule has 0 unspecified atom stereocenters. The maximum atomic E-state index is 12.9. The van der Waals surface area contributed by atoms with Gasteiger partial charge in [-0.2, -0.15) is 13.2 Å². The highest BCUT2D eigenvalue weighted by Crippen LogP contribution is 2.33. The van der Waals surface area contributed by atoms with Gasteiger partial charge in [0.2, 0.25) is 11.8 Å². The molecule has 0 bridgehead atoms. The van der Waals surface area contributed by atoms with Gasteiger partial charge in [0, 0.05) is 26.9 Å². The molecule has 6 aromatic rings. The van der Waals surface area contributed by atoms with Crippen LogP contribution in [0.25, 0.3) is 22.5 Å². The summed E-state index contributed by atoms with van der Waals surface area (Å²) < 4.78 is 38.7. The minimum atomic E-state index is -4.47.